The molecule has 9 aromatic rings. The Morgan fingerprint density at radius 3 is 1.15 bits per heavy atom. The summed E-state index contributed by atoms with van der Waals surface area (Å²) in [5.74, 6) is -1.55. The minimum absolute atomic E-state index is 0. The standard InChI is InChI=1S/3C17H15N3O2.CH4/c21-17(20-22)13-8-6-12(7-9-13)11-19-16-5-1-4-15-14(16)3-2-10-18-15;2*21-17(20-22)14-8-6-12(7-9-14)11-19-15-5-1-3-13-4-2-10-18-16(13)15;/h3*1-10,19,22H,11H2,(H,20,21);1H4. The number of hydrogen-bond acceptors (Lipinski definition) is 12. The third kappa shape index (κ3) is 12.7. The topological polar surface area (TPSA) is 223 Å². The highest BCUT2D eigenvalue weighted by atomic mass is 16.5. The first-order valence-electron chi connectivity index (χ1n) is 20.7. The Labute approximate surface area is 386 Å². The fourth-order valence-electron chi connectivity index (χ4n) is 6.86. The summed E-state index contributed by atoms with van der Waals surface area (Å²) in [5.41, 5.74) is 15.0. The Bertz CT molecular complexity index is 2720. The van der Waals surface area contributed by atoms with Crippen LogP contribution in [-0.2, 0) is 19.6 Å². The number of benzene rings is 6. The van der Waals surface area contributed by atoms with Gasteiger partial charge in [-0.1, -0.05) is 86.3 Å². The Kier molecular flexibility index (Phi) is 16.9. The zero-order valence-electron chi connectivity index (χ0n) is 35.3. The van der Waals surface area contributed by atoms with Crippen molar-refractivity contribution < 1.29 is 30.0 Å². The van der Waals surface area contributed by atoms with Crippen LogP contribution >= 0.6 is 0 Å². The van der Waals surface area contributed by atoms with Gasteiger partial charge in [0.25, 0.3) is 17.7 Å². The van der Waals surface area contributed by atoms with Gasteiger partial charge in [-0.25, -0.2) is 16.4 Å². The van der Waals surface area contributed by atoms with E-state index in [0.717, 1.165) is 66.5 Å². The number of nitrogens with zero attached hydrogens (tertiary/aromatic N) is 3. The first-order chi connectivity index (χ1) is 32.3. The van der Waals surface area contributed by atoms with Crippen molar-refractivity contribution in [2.75, 3.05) is 16.0 Å². The first-order valence-corrected chi connectivity index (χ1v) is 20.7. The molecule has 9 N–H and O–H groups in total. The summed E-state index contributed by atoms with van der Waals surface area (Å²) < 4.78 is 0. The average Bonchev–Trinajstić information content (AvgIpc) is 3.39. The van der Waals surface area contributed by atoms with Gasteiger partial charge in [0.05, 0.1) is 27.9 Å². The van der Waals surface area contributed by atoms with E-state index in [2.05, 4.69) is 30.9 Å². The average molecular weight is 896 g/mol. The van der Waals surface area contributed by atoms with Gasteiger partial charge in [0.1, 0.15) is 0 Å². The van der Waals surface area contributed by atoms with Gasteiger partial charge in [-0.15, -0.1) is 0 Å². The molecule has 0 unspecified atom stereocenters. The first kappa shape index (κ1) is 47.7. The molecule has 0 radical (unpaired) electrons. The SMILES string of the molecule is C.O=C(NO)c1ccc(CNc2cccc3cccnc23)cc1.O=C(NO)c1ccc(CNc2cccc3cccnc23)cc1.O=C(NO)c1ccc(CNc2cccc3ncccc23)cc1. The summed E-state index contributed by atoms with van der Waals surface area (Å²) in [6.07, 6.45) is 5.32. The highest BCUT2D eigenvalue weighted by molar-refractivity contribution is 5.95. The molecule has 0 aliphatic heterocycles. The molecule has 3 aromatic heterocycles. The lowest BCUT2D eigenvalue weighted by molar-refractivity contribution is 0.0702. The second kappa shape index (κ2) is 23.8. The molecule has 0 saturated heterocycles. The number of rotatable bonds is 12. The molecule has 0 saturated carbocycles. The highest BCUT2D eigenvalue weighted by Crippen LogP contribution is 2.24. The summed E-state index contributed by atoms with van der Waals surface area (Å²) in [6.45, 7) is 1.88. The third-order valence-electron chi connectivity index (χ3n) is 10.3. The largest absolute Gasteiger partial charge is 0.380 e. The molecule has 338 valence electrons. The molecule has 9 rings (SSSR count). The van der Waals surface area contributed by atoms with Crippen molar-refractivity contribution >= 4 is 67.5 Å². The molecule has 15 nitrogen and oxygen atoms in total. The quantitative estimate of drug-likeness (QED) is 0.0413. The van der Waals surface area contributed by atoms with Crippen LogP contribution < -0.4 is 32.4 Å². The lowest BCUT2D eigenvalue weighted by Crippen LogP contribution is -2.18. The van der Waals surface area contributed by atoms with Crippen LogP contribution in [0.25, 0.3) is 32.7 Å². The van der Waals surface area contributed by atoms with Crippen molar-refractivity contribution in [1.29, 1.82) is 0 Å². The zero-order valence-corrected chi connectivity index (χ0v) is 35.3. The fourth-order valence-corrected chi connectivity index (χ4v) is 6.86. The van der Waals surface area contributed by atoms with Gasteiger partial charge in [0.2, 0.25) is 0 Å². The minimum atomic E-state index is -0.516. The van der Waals surface area contributed by atoms with Gasteiger partial charge in [-0.2, -0.15) is 0 Å². The zero-order chi connectivity index (χ0) is 46.1. The van der Waals surface area contributed by atoms with Crippen molar-refractivity contribution in [2.45, 2.75) is 27.1 Å². The van der Waals surface area contributed by atoms with Crippen LogP contribution in [0, 0.1) is 0 Å². The van der Waals surface area contributed by atoms with Crippen LogP contribution in [0.2, 0.25) is 0 Å². The molecule has 15 heteroatoms. The van der Waals surface area contributed by atoms with Gasteiger partial charge >= 0.3 is 0 Å². The number of carbonyl (C=O) groups excluding carboxylic acids is 3. The predicted molar refractivity (Wildman–Crippen MR) is 261 cm³/mol. The predicted octanol–water partition coefficient (Wildman–Crippen LogP) is 9.53. The number of nitrogens with one attached hydrogen (secondary N) is 6. The van der Waals surface area contributed by atoms with Crippen molar-refractivity contribution in [2.24, 2.45) is 0 Å². The molecule has 3 amide bonds. The van der Waals surface area contributed by atoms with Crippen LogP contribution in [0.1, 0.15) is 55.2 Å². The van der Waals surface area contributed by atoms with E-state index >= 15 is 0 Å². The van der Waals surface area contributed by atoms with E-state index in [4.69, 9.17) is 15.6 Å². The maximum Gasteiger partial charge on any atom is 0.274 e. The highest BCUT2D eigenvalue weighted by Gasteiger charge is 2.08. The Hall–Kier alpha value is -8.76. The van der Waals surface area contributed by atoms with Gasteiger partial charge < -0.3 is 16.0 Å². The number of para-hydroxylation sites is 2. The smallest absolute Gasteiger partial charge is 0.274 e. The van der Waals surface area contributed by atoms with E-state index in [1.54, 1.807) is 71.4 Å². The molecular weight excluding hydrogens is 847 g/mol. The van der Waals surface area contributed by atoms with E-state index in [-0.39, 0.29) is 7.43 Å². The summed E-state index contributed by atoms with van der Waals surface area (Å²) in [4.78, 5) is 46.9. The van der Waals surface area contributed by atoms with Crippen LogP contribution in [0.4, 0.5) is 17.1 Å². The summed E-state index contributed by atoms with van der Waals surface area (Å²) in [7, 11) is 0. The fraction of sp³-hybridized carbons (Fsp3) is 0.0769. The maximum atomic E-state index is 11.3. The van der Waals surface area contributed by atoms with Gasteiger partial charge in [0, 0.05) is 76.8 Å². The van der Waals surface area contributed by atoms with E-state index < -0.39 is 17.7 Å². The summed E-state index contributed by atoms with van der Waals surface area (Å²) in [5, 5.41) is 39.1. The Balaban J connectivity index is 0.000000165. The number of hydrogen-bond donors (Lipinski definition) is 9. The van der Waals surface area contributed by atoms with Gasteiger partial charge in [-0.05, 0) is 102 Å². The number of aromatic nitrogens is 3. The summed E-state index contributed by atoms with van der Waals surface area (Å²) >= 11 is 0. The molecule has 3 heterocycles. The minimum Gasteiger partial charge on any atom is -0.380 e. The van der Waals surface area contributed by atoms with Gasteiger partial charge in [-0.3, -0.25) is 45.0 Å². The number of hydroxylamine groups is 3. The van der Waals surface area contributed by atoms with Crippen molar-refractivity contribution in [3.8, 4) is 0 Å². The molecule has 0 aliphatic rings. The van der Waals surface area contributed by atoms with E-state index in [0.29, 0.717) is 36.3 Å². The summed E-state index contributed by atoms with van der Waals surface area (Å²) in [6, 6.07) is 50.9. The van der Waals surface area contributed by atoms with Crippen LogP contribution in [0.5, 0.6) is 0 Å². The van der Waals surface area contributed by atoms with Crippen LogP contribution in [0.15, 0.2) is 182 Å². The number of anilines is 3. The number of amides is 3. The van der Waals surface area contributed by atoms with Crippen LogP contribution in [0.3, 0.4) is 0 Å². The maximum absolute atomic E-state index is 11.3. The van der Waals surface area contributed by atoms with E-state index in [9.17, 15) is 14.4 Å². The molecular formula is C52H49N9O6. The molecule has 0 spiro atoms. The van der Waals surface area contributed by atoms with Gasteiger partial charge in [0.15, 0.2) is 0 Å². The Morgan fingerprint density at radius 2 is 0.731 bits per heavy atom. The molecule has 6 aromatic carbocycles. The molecule has 0 fully saturated rings. The second-order valence-electron chi connectivity index (χ2n) is 14.6. The molecule has 0 atom stereocenters. The van der Waals surface area contributed by atoms with Crippen molar-refractivity contribution in [1.82, 2.24) is 31.4 Å². The third-order valence-corrected chi connectivity index (χ3v) is 10.3. The lowest BCUT2D eigenvalue weighted by atomic mass is 10.1. The lowest BCUT2D eigenvalue weighted by Gasteiger charge is -2.10. The molecule has 0 aliphatic carbocycles. The number of pyridine rings is 3. The Morgan fingerprint density at radius 1 is 0.388 bits per heavy atom. The monoisotopic (exact) mass is 895 g/mol. The van der Waals surface area contributed by atoms with Crippen LogP contribution in [-0.4, -0.2) is 48.3 Å². The van der Waals surface area contributed by atoms with E-state index in [1.807, 2.05) is 127 Å². The molecule has 0 bridgehead atoms. The number of fused-ring (bicyclic) bond motifs is 3. The number of carbonyl (C=O) groups is 3. The normalized spacial score (nSPS) is 10.3. The van der Waals surface area contributed by atoms with E-state index in [1.165, 1.54) is 0 Å². The molecule has 67 heavy (non-hydrogen) atoms. The van der Waals surface area contributed by atoms with Crippen molar-refractivity contribution in [3.05, 3.63) is 216 Å². The van der Waals surface area contributed by atoms with Crippen molar-refractivity contribution in [3.63, 3.8) is 0 Å². The second-order valence-corrected chi connectivity index (χ2v) is 14.6.